The minimum Gasteiger partial charge on any atom is -0.444 e. The van der Waals surface area contributed by atoms with Gasteiger partial charge in [0.05, 0.1) is 6.20 Å². The molecule has 1 amide bonds. The number of nitriles is 1. The molecule has 38 heavy (non-hydrogen) atoms. The van der Waals surface area contributed by atoms with Gasteiger partial charge >= 0.3 is 21.7 Å². The van der Waals surface area contributed by atoms with E-state index in [1.165, 1.54) is 12.4 Å². The normalized spacial score (nSPS) is 14.9. The van der Waals surface area contributed by atoms with Crippen LogP contribution in [0.2, 0.25) is 0 Å². The average molecular weight is 553 g/mol. The Bertz CT molecular complexity index is 1500. The summed E-state index contributed by atoms with van der Waals surface area (Å²) >= 11 is 0. The van der Waals surface area contributed by atoms with Crippen LogP contribution in [0.1, 0.15) is 26.3 Å². The lowest BCUT2D eigenvalue weighted by Gasteiger charge is -2.36. The quantitative estimate of drug-likeness (QED) is 0.352. The number of halogens is 3. The Morgan fingerprint density at radius 2 is 1.76 bits per heavy atom. The lowest BCUT2D eigenvalue weighted by Crippen LogP contribution is -2.50. The van der Waals surface area contributed by atoms with Crippen LogP contribution in [-0.4, -0.2) is 71.3 Å². The number of aromatic nitrogens is 3. The highest BCUT2D eigenvalue weighted by Gasteiger charge is 2.49. The number of piperazine rings is 1. The minimum atomic E-state index is -6.00. The number of pyridine rings is 2. The Morgan fingerprint density at radius 1 is 1.08 bits per heavy atom. The van der Waals surface area contributed by atoms with Gasteiger partial charge in [0.15, 0.2) is 5.75 Å². The molecule has 15 heteroatoms. The van der Waals surface area contributed by atoms with Crippen LogP contribution in [0.25, 0.3) is 16.6 Å². The second-order valence-corrected chi connectivity index (χ2v) is 10.9. The molecular formula is C23H23F3N6O5S. The zero-order valence-electron chi connectivity index (χ0n) is 20.6. The van der Waals surface area contributed by atoms with Gasteiger partial charge in [-0.3, -0.25) is 0 Å². The lowest BCUT2D eigenvalue weighted by molar-refractivity contribution is -0.0499. The first-order chi connectivity index (χ1) is 17.7. The van der Waals surface area contributed by atoms with E-state index in [0.29, 0.717) is 37.6 Å². The highest BCUT2D eigenvalue weighted by Crippen LogP contribution is 2.34. The monoisotopic (exact) mass is 552 g/mol. The Morgan fingerprint density at radius 3 is 2.32 bits per heavy atom. The number of rotatable bonds is 4. The molecule has 1 aliphatic heterocycles. The summed E-state index contributed by atoms with van der Waals surface area (Å²) in [7, 11) is -6.00. The second kappa shape index (κ2) is 9.67. The van der Waals surface area contributed by atoms with E-state index in [0.717, 1.165) is 16.8 Å². The van der Waals surface area contributed by atoms with E-state index in [1.54, 1.807) is 43.9 Å². The van der Waals surface area contributed by atoms with Crippen molar-refractivity contribution in [2.24, 2.45) is 0 Å². The second-order valence-electron chi connectivity index (χ2n) is 9.40. The van der Waals surface area contributed by atoms with Gasteiger partial charge in [-0.1, -0.05) is 0 Å². The van der Waals surface area contributed by atoms with E-state index >= 15 is 0 Å². The molecule has 0 radical (unpaired) electrons. The van der Waals surface area contributed by atoms with E-state index in [9.17, 15) is 31.6 Å². The van der Waals surface area contributed by atoms with Gasteiger partial charge in [0.1, 0.15) is 28.6 Å². The molecule has 0 saturated carbocycles. The number of alkyl halides is 3. The third kappa shape index (κ3) is 5.59. The van der Waals surface area contributed by atoms with Crippen LogP contribution in [0.3, 0.4) is 0 Å². The molecule has 0 aromatic carbocycles. The number of ether oxygens (including phenoxy) is 1. The SMILES string of the molecule is CC(C)(C)OC(=O)N1CCN(c2ccc(-c3cc(OS(=O)(=O)C(F)(F)F)c4c(C#N)cnn4c3)cn2)CC1. The Kier molecular flexibility index (Phi) is 6.87. The topological polar surface area (TPSA) is 130 Å². The van der Waals surface area contributed by atoms with Crippen LogP contribution in [0.4, 0.5) is 23.8 Å². The van der Waals surface area contributed by atoms with Crippen molar-refractivity contribution in [2.45, 2.75) is 31.9 Å². The van der Waals surface area contributed by atoms with E-state index in [4.69, 9.17) is 4.74 Å². The summed E-state index contributed by atoms with van der Waals surface area (Å²) in [6.45, 7) is 7.27. The molecule has 11 nitrogen and oxygen atoms in total. The first-order valence-corrected chi connectivity index (χ1v) is 12.7. The Labute approximate surface area is 216 Å². The first kappa shape index (κ1) is 27.0. The van der Waals surface area contributed by atoms with Crippen molar-refractivity contribution in [1.82, 2.24) is 19.5 Å². The smallest absolute Gasteiger partial charge is 0.444 e. The van der Waals surface area contributed by atoms with Gasteiger partial charge in [0, 0.05) is 49.7 Å². The van der Waals surface area contributed by atoms with Crippen molar-refractivity contribution in [2.75, 3.05) is 31.1 Å². The first-order valence-electron chi connectivity index (χ1n) is 11.3. The average Bonchev–Trinajstić information content (AvgIpc) is 3.26. The molecule has 3 aromatic rings. The number of fused-ring (bicyclic) bond motifs is 1. The number of carbonyl (C=O) groups excluding carboxylic acids is 1. The van der Waals surface area contributed by atoms with Gasteiger partial charge in [0.2, 0.25) is 0 Å². The predicted molar refractivity (Wildman–Crippen MR) is 129 cm³/mol. The number of carbonyl (C=O) groups is 1. The van der Waals surface area contributed by atoms with Gasteiger partial charge < -0.3 is 18.7 Å². The molecular weight excluding hydrogens is 529 g/mol. The van der Waals surface area contributed by atoms with Gasteiger partial charge in [-0.25, -0.2) is 14.3 Å². The highest BCUT2D eigenvalue weighted by atomic mass is 32.2. The molecule has 3 aromatic heterocycles. The van der Waals surface area contributed by atoms with Crippen molar-refractivity contribution in [3.05, 3.63) is 42.4 Å². The standard InChI is InChI=1S/C23H23F3N6O5S/c1-22(2,3)36-21(33)31-8-6-30(7-9-31)19-5-4-15(12-28-19)16-10-18(37-38(34,35)23(24,25)26)20-17(11-27)13-29-32(20)14-16/h4-5,10,12-14H,6-9H2,1-3H3. The van der Waals surface area contributed by atoms with Crippen LogP contribution >= 0.6 is 0 Å². The zero-order valence-corrected chi connectivity index (χ0v) is 21.4. The largest absolute Gasteiger partial charge is 0.534 e. The number of anilines is 1. The molecule has 1 saturated heterocycles. The van der Waals surface area contributed by atoms with Crippen molar-refractivity contribution in [3.8, 4) is 22.9 Å². The molecule has 4 rings (SSSR count). The molecule has 202 valence electrons. The zero-order chi connectivity index (χ0) is 27.9. The van der Waals surface area contributed by atoms with Crippen molar-refractivity contribution in [3.63, 3.8) is 0 Å². The molecule has 4 heterocycles. The third-order valence-electron chi connectivity index (χ3n) is 5.52. The summed E-state index contributed by atoms with van der Waals surface area (Å²) in [5.41, 5.74) is -5.95. The van der Waals surface area contributed by atoms with Gasteiger partial charge in [-0.2, -0.15) is 31.9 Å². The summed E-state index contributed by atoms with van der Waals surface area (Å²) in [6.07, 6.45) is 3.58. The van der Waals surface area contributed by atoms with E-state index in [1.807, 2.05) is 4.90 Å². The van der Waals surface area contributed by atoms with E-state index in [-0.39, 0.29) is 22.7 Å². The van der Waals surface area contributed by atoms with Crippen LogP contribution in [-0.2, 0) is 14.9 Å². The maximum Gasteiger partial charge on any atom is 0.534 e. The summed E-state index contributed by atoms with van der Waals surface area (Å²) in [5, 5.41) is 13.2. The lowest BCUT2D eigenvalue weighted by atomic mass is 10.1. The highest BCUT2D eigenvalue weighted by molar-refractivity contribution is 7.88. The fourth-order valence-corrected chi connectivity index (χ4v) is 4.20. The molecule has 0 spiro atoms. The van der Waals surface area contributed by atoms with Crippen molar-refractivity contribution < 1.29 is 35.3 Å². The summed E-state index contributed by atoms with van der Waals surface area (Å²) < 4.78 is 73.1. The number of hydrogen-bond acceptors (Lipinski definition) is 9. The maximum absolute atomic E-state index is 13.0. The fraction of sp³-hybridized carbons (Fsp3) is 0.391. The van der Waals surface area contributed by atoms with Crippen LogP contribution < -0.4 is 9.08 Å². The summed E-state index contributed by atoms with van der Waals surface area (Å²) in [5.74, 6) is -0.0862. The van der Waals surface area contributed by atoms with Gasteiger partial charge in [-0.15, -0.1) is 0 Å². The molecule has 0 aliphatic carbocycles. The summed E-state index contributed by atoms with van der Waals surface area (Å²) in [4.78, 5) is 20.3. The van der Waals surface area contributed by atoms with Crippen molar-refractivity contribution in [1.29, 1.82) is 5.26 Å². The predicted octanol–water partition coefficient (Wildman–Crippen LogP) is 3.55. The van der Waals surface area contributed by atoms with Gasteiger partial charge in [-0.05, 0) is 39.0 Å². The number of amides is 1. The molecule has 0 N–H and O–H groups in total. The van der Waals surface area contributed by atoms with Crippen LogP contribution in [0.15, 0.2) is 36.8 Å². The van der Waals surface area contributed by atoms with E-state index < -0.39 is 27.0 Å². The van der Waals surface area contributed by atoms with Crippen LogP contribution in [0.5, 0.6) is 5.75 Å². The fourth-order valence-electron chi connectivity index (χ4n) is 3.74. The Hall–Kier alpha value is -4.06. The maximum atomic E-state index is 13.0. The minimum absolute atomic E-state index is 0.164. The molecule has 1 fully saturated rings. The summed E-state index contributed by atoms with van der Waals surface area (Å²) in [6, 6.07) is 6.18. The van der Waals surface area contributed by atoms with Gasteiger partial charge in [0.25, 0.3) is 0 Å². The molecule has 0 atom stereocenters. The van der Waals surface area contributed by atoms with Crippen LogP contribution in [0, 0.1) is 11.3 Å². The number of hydrogen-bond donors (Lipinski definition) is 0. The molecule has 0 unspecified atom stereocenters. The molecule has 0 bridgehead atoms. The Balaban J connectivity index is 1.57. The van der Waals surface area contributed by atoms with E-state index in [2.05, 4.69) is 14.3 Å². The third-order valence-corrected chi connectivity index (χ3v) is 6.48. The molecule has 1 aliphatic rings. The number of nitrogens with zero attached hydrogens (tertiary/aromatic N) is 6. The van der Waals surface area contributed by atoms with Crippen molar-refractivity contribution >= 4 is 27.5 Å².